The molecule has 0 aliphatic carbocycles. The van der Waals surface area contributed by atoms with Gasteiger partial charge in [-0.2, -0.15) is 5.10 Å². The van der Waals surface area contributed by atoms with Gasteiger partial charge in [-0.25, -0.2) is 4.98 Å². The molecule has 2 heterocycles. The van der Waals surface area contributed by atoms with Gasteiger partial charge in [0, 0.05) is 5.56 Å². The molecule has 0 bridgehead atoms. The number of benzene rings is 1. The van der Waals surface area contributed by atoms with Crippen molar-refractivity contribution >= 4 is 0 Å². The van der Waals surface area contributed by atoms with Crippen molar-refractivity contribution in [2.75, 3.05) is 6.54 Å². The van der Waals surface area contributed by atoms with Gasteiger partial charge in [0.25, 0.3) is 0 Å². The molecule has 1 saturated heterocycles. The summed E-state index contributed by atoms with van der Waals surface area (Å²) in [6, 6.07) is 10.4. The molecule has 2 aromatic rings. The Morgan fingerprint density at radius 2 is 2.06 bits per heavy atom. The predicted molar refractivity (Wildman–Crippen MR) is 71.0 cm³/mol. The Bertz CT molecular complexity index is 506. The molecule has 0 spiro atoms. The van der Waals surface area contributed by atoms with Gasteiger partial charge < -0.3 is 5.32 Å². The van der Waals surface area contributed by atoms with Gasteiger partial charge in [0.1, 0.15) is 5.82 Å². The summed E-state index contributed by atoms with van der Waals surface area (Å²) >= 11 is 0. The van der Waals surface area contributed by atoms with Crippen LogP contribution in [0.1, 0.15) is 31.6 Å². The van der Waals surface area contributed by atoms with E-state index in [-0.39, 0.29) is 0 Å². The van der Waals surface area contributed by atoms with Gasteiger partial charge in [-0.3, -0.25) is 5.10 Å². The SMILES string of the molecule is CC1CCCNC1c1nc(-c2ccccc2)n[nH]1. The molecule has 1 aromatic carbocycles. The van der Waals surface area contributed by atoms with E-state index in [1.807, 2.05) is 30.3 Å². The van der Waals surface area contributed by atoms with Crippen LogP contribution in [0, 0.1) is 5.92 Å². The monoisotopic (exact) mass is 242 g/mol. The molecule has 3 rings (SSSR count). The fraction of sp³-hybridized carbons (Fsp3) is 0.429. The Hall–Kier alpha value is -1.68. The van der Waals surface area contributed by atoms with Crippen LogP contribution in [-0.2, 0) is 0 Å². The quantitative estimate of drug-likeness (QED) is 0.851. The number of H-pyrrole nitrogens is 1. The van der Waals surface area contributed by atoms with Crippen molar-refractivity contribution in [3.63, 3.8) is 0 Å². The Labute approximate surface area is 107 Å². The number of hydrogen-bond acceptors (Lipinski definition) is 3. The van der Waals surface area contributed by atoms with Gasteiger partial charge in [-0.15, -0.1) is 0 Å². The van der Waals surface area contributed by atoms with Crippen LogP contribution in [0.3, 0.4) is 0 Å². The van der Waals surface area contributed by atoms with Crippen LogP contribution in [0.4, 0.5) is 0 Å². The van der Waals surface area contributed by atoms with Gasteiger partial charge in [0.2, 0.25) is 0 Å². The highest BCUT2D eigenvalue weighted by Gasteiger charge is 2.25. The van der Waals surface area contributed by atoms with Gasteiger partial charge in [0.15, 0.2) is 5.82 Å². The third-order valence-electron chi connectivity index (χ3n) is 3.60. The molecule has 1 aromatic heterocycles. The minimum absolute atomic E-state index is 0.309. The third kappa shape index (κ3) is 2.16. The lowest BCUT2D eigenvalue weighted by molar-refractivity contribution is 0.295. The summed E-state index contributed by atoms with van der Waals surface area (Å²) in [6.07, 6.45) is 2.50. The number of aromatic nitrogens is 3. The lowest BCUT2D eigenvalue weighted by Gasteiger charge is -2.27. The first-order chi connectivity index (χ1) is 8.84. The van der Waals surface area contributed by atoms with Gasteiger partial charge in [0.05, 0.1) is 6.04 Å². The second kappa shape index (κ2) is 4.90. The predicted octanol–water partition coefficient (Wildman–Crippen LogP) is 2.53. The van der Waals surface area contributed by atoms with Gasteiger partial charge in [-0.1, -0.05) is 37.3 Å². The minimum atomic E-state index is 0.309. The van der Waals surface area contributed by atoms with Crippen molar-refractivity contribution in [2.45, 2.75) is 25.8 Å². The highest BCUT2D eigenvalue weighted by atomic mass is 15.2. The van der Waals surface area contributed by atoms with E-state index in [0.717, 1.165) is 23.8 Å². The van der Waals surface area contributed by atoms with E-state index in [4.69, 9.17) is 0 Å². The lowest BCUT2D eigenvalue weighted by atomic mass is 9.92. The van der Waals surface area contributed by atoms with E-state index in [1.54, 1.807) is 0 Å². The van der Waals surface area contributed by atoms with Crippen molar-refractivity contribution in [1.82, 2.24) is 20.5 Å². The maximum absolute atomic E-state index is 4.63. The molecule has 18 heavy (non-hydrogen) atoms. The smallest absolute Gasteiger partial charge is 0.181 e. The summed E-state index contributed by atoms with van der Waals surface area (Å²) in [7, 11) is 0. The van der Waals surface area contributed by atoms with Crippen LogP contribution in [0.2, 0.25) is 0 Å². The van der Waals surface area contributed by atoms with Crippen molar-refractivity contribution in [3.05, 3.63) is 36.2 Å². The number of aromatic amines is 1. The van der Waals surface area contributed by atoms with E-state index in [0.29, 0.717) is 12.0 Å². The Morgan fingerprint density at radius 3 is 2.83 bits per heavy atom. The average Bonchev–Trinajstić information content (AvgIpc) is 2.90. The number of nitrogens with zero attached hydrogens (tertiary/aromatic N) is 2. The Morgan fingerprint density at radius 1 is 1.22 bits per heavy atom. The zero-order chi connectivity index (χ0) is 12.4. The molecule has 0 amide bonds. The number of rotatable bonds is 2. The highest BCUT2D eigenvalue weighted by Crippen LogP contribution is 2.27. The van der Waals surface area contributed by atoms with E-state index in [9.17, 15) is 0 Å². The van der Waals surface area contributed by atoms with E-state index in [1.165, 1.54) is 12.8 Å². The third-order valence-corrected chi connectivity index (χ3v) is 3.60. The van der Waals surface area contributed by atoms with Crippen molar-refractivity contribution in [1.29, 1.82) is 0 Å². The summed E-state index contributed by atoms with van der Waals surface area (Å²) in [5.41, 5.74) is 1.06. The first-order valence-electron chi connectivity index (χ1n) is 6.55. The summed E-state index contributed by atoms with van der Waals surface area (Å²) < 4.78 is 0. The molecule has 2 atom stereocenters. The van der Waals surface area contributed by atoms with Crippen LogP contribution in [0.25, 0.3) is 11.4 Å². The molecule has 94 valence electrons. The second-order valence-electron chi connectivity index (χ2n) is 4.96. The maximum Gasteiger partial charge on any atom is 0.181 e. The number of piperidine rings is 1. The van der Waals surface area contributed by atoms with Gasteiger partial charge in [-0.05, 0) is 25.3 Å². The summed E-state index contributed by atoms with van der Waals surface area (Å²) in [4.78, 5) is 4.63. The molecule has 0 saturated carbocycles. The first kappa shape index (κ1) is 11.4. The summed E-state index contributed by atoms with van der Waals surface area (Å²) in [5.74, 6) is 2.35. The summed E-state index contributed by atoms with van der Waals surface area (Å²) in [5, 5.41) is 10.9. The molecule has 1 aliphatic rings. The fourth-order valence-electron chi connectivity index (χ4n) is 2.55. The molecule has 0 radical (unpaired) electrons. The van der Waals surface area contributed by atoms with E-state index in [2.05, 4.69) is 27.4 Å². The Balaban J connectivity index is 1.85. The standard InChI is InChI=1S/C14H18N4/c1-10-6-5-9-15-12(10)14-16-13(17-18-14)11-7-3-2-4-8-11/h2-4,7-8,10,12,15H,5-6,9H2,1H3,(H,16,17,18). The van der Waals surface area contributed by atoms with E-state index >= 15 is 0 Å². The van der Waals surface area contributed by atoms with Crippen molar-refractivity contribution in [3.8, 4) is 11.4 Å². The normalized spacial score (nSPS) is 24.1. The molecule has 1 fully saturated rings. The first-order valence-corrected chi connectivity index (χ1v) is 6.55. The van der Waals surface area contributed by atoms with Crippen LogP contribution in [-0.4, -0.2) is 21.7 Å². The van der Waals surface area contributed by atoms with E-state index < -0.39 is 0 Å². The molecular formula is C14H18N4. The lowest BCUT2D eigenvalue weighted by Crippen LogP contribution is -2.33. The molecular weight excluding hydrogens is 224 g/mol. The number of hydrogen-bond donors (Lipinski definition) is 2. The van der Waals surface area contributed by atoms with Crippen LogP contribution < -0.4 is 5.32 Å². The zero-order valence-electron chi connectivity index (χ0n) is 10.6. The average molecular weight is 242 g/mol. The number of nitrogens with one attached hydrogen (secondary N) is 2. The molecule has 1 aliphatic heterocycles. The molecule has 2 N–H and O–H groups in total. The van der Waals surface area contributed by atoms with Crippen molar-refractivity contribution < 1.29 is 0 Å². The minimum Gasteiger partial charge on any atom is -0.307 e. The molecule has 4 heteroatoms. The van der Waals surface area contributed by atoms with Gasteiger partial charge >= 0.3 is 0 Å². The maximum atomic E-state index is 4.63. The topological polar surface area (TPSA) is 53.6 Å². The summed E-state index contributed by atoms with van der Waals surface area (Å²) in [6.45, 7) is 3.33. The van der Waals surface area contributed by atoms with Crippen LogP contribution in [0.15, 0.2) is 30.3 Å². The van der Waals surface area contributed by atoms with Crippen LogP contribution >= 0.6 is 0 Å². The van der Waals surface area contributed by atoms with Crippen molar-refractivity contribution in [2.24, 2.45) is 5.92 Å². The van der Waals surface area contributed by atoms with Crippen LogP contribution in [0.5, 0.6) is 0 Å². The molecule has 2 unspecified atom stereocenters. The fourth-order valence-corrected chi connectivity index (χ4v) is 2.55. The molecule has 4 nitrogen and oxygen atoms in total. The highest BCUT2D eigenvalue weighted by molar-refractivity contribution is 5.53. The second-order valence-corrected chi connectivity index (χ2v) is 4.96. The Kier molecular flexibility index (Phi) is 3.11. The largest absolute Gasteiger partial charge is 0.307 e. The zero-order valence-corrected chi connectivity index (χ0v) is 10.6.